The minimum absolute atomic E-state index is 0.0136. The summed E-state index contributed by atoms with van der Waals surface area (Å²) < 4.78 is 71.4. The third kappa shape index (κ3) is 7.83. The van der Waals surface area contributed by atoms with Gasteiger partial charge in [0.2, 0.25) is 11.8 Å². The summed E-state index contributed by atoms with van der Waals surface area (Å²) in [6.45, 7) is 5.90. The number of pyridine rings is 1. The van der Waals surface area contributed by atoms with Crippen LogP contribution in [-0.4, -0.2) is 78.3 Å². The number of hydrogen-bond acceptors (Lipinski definition) is 8. The molecule has 3 fully saturated rings. The molecule has 3 amide bonds. The highest BCUT2D eigenvalue weighted by molar-refractivity contribution is 6.07. The molecule has 2 unspecified atom stereocenters. The number of hydrogen-bond donors (Lipinski definition) is 2. The topological polar surface area (TPSA) is 135 Å². The molecule has 6 heterocycles. The highest BCUT2D eigenvalue weighted by Crippen LogP contribution is 2.44. The van der Waals surface area contributed by atoms with Crippen molar-refractivity contribution in [1.29, 1.82) is 0 Å². The van der Waals surface area contributed by atoms with Crippen molar-refractivity contribution in [2.24, 2.45) is 5.92 Å². The van der Waals surface area contributed by atoms with Crippen LogP contribution in [0, 0.1) is 24.5 Å². The van der Waals surface area contributed by atoms with E-state index in [1.54, 1.807) is 34.1 Å². The molecule has 3 aliphatic rings. The molecule has 1 aliphatic carbocycles. The van der Waals surface area contributed by atoms with Gasteiger partial charge in [-0.15, -0.1) is 0 Å². The fourth-order valence-electron chi connectivity index (χ4n) is 8.66. The van der Waals surface area contributed by atoms with Crippen molar-refractivity contribution >= 4 is 34.7 Å². The van der Waals surface area contributed by atoms with E-state index in [2.05, 4.69) is 20.7 Å². The minimum atomic E-state index is -3.30. The van der Waals surface area contributed by atoms with Gasteiger partial charge in [0.05, 0.1) is 41.9 Å². The number of imidazole rings is 1. The summed E-state index contributed by atoms with van der Waals surface area (Å²) in [5.41, 5.74) is 3.14. The first-order valence-electron chi connectivity index (χ1n) is 19.5. The summed E-state index contributed by atoms with van der Waals surface area (Å²) in [4.78, 5) is 48.4. The van der Waals surface area contributed by atoms with Gasteiger partial charge in [0.25, 0.3) is 11.8 Å². The van der Waals surface area contributed by atoms with Crippen molar-refractivity contribution in [3.63, 3.8) is 0 Å². The van der Waals surface area contributed by atoms with Crippen LogP contribution in [0.5, 0.6) is 5.75 Å². The molecule has 57 heavy (non-hydrogen) atoms. The molecular weight excluding hydrogens is 744 g/mol. The van der Waals surface area contributed by atoms with Crippen LogP contribution in [0.25, 0.3) is 11.3 Å². The van der Waals surface area contributed by atoms with Gasteiger partial charge >= 0.3 is 0 Å². The number of carbonyl (C=O) groups is 3. The molecule has 12 nitrogen and oxygen atoms in total. The maximum Gasteiger partial charge on any atom is 0.267 e. The Morgan fingerprint density at radius 1 is 1.00 bits per heavy atom. The quantitative estimate of drug-likeness (QED) is 0.122. The number of nitrogens with zero attached hydrogens (tertiary/aromatic N) is 6. The van der Waals surface area contributed by atoms with Crippen LogP contribution in [-0.2, 0) is 9.59 Å². The number of imide groups is 1. The molecule has 8 rings (SSSR count). The van der Waals surface area contributed by atoms with Crippen molar-refractivity contribution in [2.45, 2.75) is 95.5 Å². The van der Waals surface area contributed by atoms with E-state index in [1.165, 1.54) is 0 Å². The number of likely N-dealkylation sites (tertiary alicyclic amines) is 1. The van der Waals surface area contributed by atoms with E-state index in [4.69, 9.17) is 9.72 Å². The molecule has 300 valence electrons. The number of aryl methyl sites for hydroxylation is 1. The fourth-order valence-corrected chi connectivity index (χ4v) is 8.66. The van der Waals surface area contributed by atoms with E-state index in [1.807, 2.05) is 37.6 Å². The van der Waals surface area contributed by atoms with E-state index >= 15 is 17.6 Å². The zero-order valence-corrected chi connectivity index (χ0v) is 31.9. The second-order valence-corrected chi connectivity index (χ2v) is 16.0. The minimum Gasteiger partial charge on any atom is -0.490 e. The Hall–Kier alpha value is -5.38. The summed E-state index contributed by atoms with van der Waals surface area (Å²) in [6.07, 6.45) is 11.8. The van der Waals surface area contributed by atoms with Crippen molar-refractivity contribution in [3.05, 3.63) is 88.8 Å². The highest BCUT2D eigenvalue weighted by Gasteiger charge is 2.47. The number of anilines is 1. The standard InChI is InChI=1S/C41H44F4N8O4/c1-22(2)57-35-14-36-48-34(20-52(36)19-29(35)40(56)49-33-16-47-53-17-23(3)15-46-38(33)53)25-6-4-24(5-7-25)18-51-11-10-30(41(44,45)21-51)28-13-31(42)27(12-32(28)43)26-8-9-37(54)50-39(26)55/h12-17,19-20,22,24-26,30H,4-11,18,21H2,1-3H3,(H,49,56)(H,50,54,55). The third-order valence-corrected chi connectivity index (χ3v) is 11.5. The van der Waals surface area contributed by atoms with Crippen LogP contribution in [0.3, 0.4) is 0 Å². The van der Waals surface area contributed by atoms with Crippen molar-refractivity contribution < 1.29 is 36.7 Å². The summed E-state index contributed by atoms with van der Waals surface area (Å²) in [5.74, 6) is -8.62. The lowest BCUT2D eigenvalue weighted by atomic mass is 9.79. The average Bonchev–Trinajstić information content (AvgIpc) is 3.75. The number of carbonyl (C=O) groups excluding carboxylic acids is 3. The summed E-state index contributed by atoms with van der Waals surface area (Å²) >= 11 is 0. The molecule has 0 radical (unpaired) electrons. The number of fused-ring (bicyclic) bond motifs is 2. The maximum absolute atomic E-state index is 15.7. The smallest absolute Gasteiger partial charge is 0.267 e. The molecule has 1 aromatic carbocycles. The predicted molar refractivity (Wildman–Crippen MR) is 202 cm³/mol. The van der Waals surface area contributed by atoms with Crippen LogP contribution in [0.2, 0.25) is 0 Å². The number of rotatable bonds is 9. The third-order valence-electron chi connectivity index (χ3n) is 11.5. The van der Waals surface area contributed by atoms with Crippen LogP contribution in [0.15, 0.2) is 49.2 Å². The number of piperidine rings is 2. The molecule has 2 atom stereocenters. The summed E-state index contributed by atoms with van der Waals surface area (Å²) in [7, 11) is 0. The van der Waals surface area contributed by atoms with Gasteiger partial charge in [-0.2, -0.15) is 5.10 Å². The maximum atomic E-state index is 15.7. The lowest BCUT2D eigenvalue weighted by molar-refractivity contribution is -0.134. The Morgan fingerprint density at radius 2 is 1.75 bits per heavy atom. The number of aromatic nitrogens is 5. The first kappa shape index (κ1) is 38.5. The predicted octanol–water partition coefficient (Wildman–Crippen LogP) is 6.92. The van der Waals surface area contributed by atoms with Crippen molar-refractivity contribution in [2.75, 3.05) is 25.0 Å². The van der Waals surface area contributed by atoms with Gasteiger partial charge in [-0.3, -0.25) is 24.6 Å². The molecular formula is C41H44F4N8O4. The van der Waals surface area contributed by atoms with Crippen LogP contribution in [0.4, 0.5) is 23.2 Å². The molecule has 1 saturated carbocycles. The number of nitrogens with one attached hydrogen (secondary N) is 2. The lowest BCUT2D eigenvalue weighted by Gasteiger charge is -2.41. The fraction of sp³-hybridized carbons (Fsp3) is 0.463. The number of ether oxygens (including phenoxy) is 1. The first-order chi connectivity index (χ1) is 27.2. The monoisotopic (exact) mass is 788 g/mol. The number of alkyl halides is 2. The molecule has 2 N–H and O–H groups in total. The van der Waals surface area contributed by atoms with Gasteiger partial charge in [-0.1, -0.05) is 0 Å². The molecule has 0 spiro atoms. The number of halogens is 4. The van der Waals surface area contributed by atoms with E-state index in [0.717, 1.165) is 49.1 Å². The summed E-state index contributed by atoms with van der Waals surface area (Å²) in [6, 6.07) is 3.41. The molecule has 5 aromatic rings. The molecule has 2 saturated heterocycles. The van der Waals surface area contributed by atoms with Crippen molar-refractivity contribution in [1.82, 2.24) is 34.2 Å². The first-order valence-corrected chi connectivity index (χ1v) is 19.5. The van der Waals surface area contributed by atoms with E-state index < -0.39 is 53.3 Å². The Bertz CT molecular complexity index is 2370. The van der Waals surface area contributed by atoms with Crippen molar-refractivity contribution in [3.8, 4) is 5.75 Å². The molecule has 0 bridgehead atoms. The second kappa shape index (κ2) is 15.2. The number of amides is 3. The van der Waals surface area contributed by atoms with Gasteiger partial charge < -0.3 is 14.5 Å². The van der Waals surface area contributed by atoms with E-state index in [0.29, 0.717) is 41.4 Å². The normalized spacial score (nSPS) is 22.9. The van der Waals surface area contributed by atoms with Gasteiger partial charge in [0.1, 0.15) is 28.7 Å². The van der Waals surface area contributed by atoms with E-state index in [9.17, 15) is 14.4 Å². The molecule has 2 aliphatic heterocycles. The Morgan fingerprint density at radius 3 is 2.49 bits per heavy atom. The van der Waals surface area contributed by atoms with Gasteiger partial charge in [-0.05, 0) is 95.0 Å². The molecule has 16 heteroatoms. The largest absolute Gasteiger partial charge is 0.490 e. The van der Waals surface area contributed by atoms with Gasteiger partial charge in [0, 0.05) is 55.3 Å². The molecule has 4 aromatic heterocycles. The average molecular weight is 789 g/mol. The zero-order valence-electron chi connectivity index (χ0n) is 31.9. The highest BCUT2D eigenvalue weighted by atomic mass is 19.3. The number of benzene rings is 1. The van der Waals surface area contributed by atoms with E-state index in [-0.39, 0.29) is 48.7 Å². The zero-order chi connectivity index (χ0) is 40.2. The second-order valence-electron chi connectivity index (χ2n) is 16.0. The van der Waals surface area contributed by atoms with Gasteiger partial charge in [-0.25, -0.2) is 32.0 Å². The Balaban J connectivity index is 0.900. The Labute approximate surface area is 326 Å². The summed E-state index contributed by atoms with van der Waals surface area (Å²) in [5, 5.41) is 9.35. The lowest BCUT2D eigenvalue weighted by Crippen LogP contribution is -2.49. The Kier molecular flexibility index (Phi) is 10.2. The van der Waals surface area contributed by atoms with Gasteiger partial charge in [0.15, 0.2) is 5.65 Å². The SMILES string of the molecule is Cc1cnc2c(NC(=O)c3cn4cc(C5CCC(CN6CCC(c7cc(F)c(C8CCC(=O)NC8=O)cc7F)C(F)(F)C6)CC5)nc4cc3OC(C)C)cnn2c1. The van der Waals surface area contributed by atoms with Crippen LogP contribution < -0.4 is 15.4 Å². The van der Waals surface area contributed by atoms with Crippen LogP contribution >= 0.6 is 0 Å². The van der Waals surface area contributed by atoms with Crippen LogP contribution in [0.1, 0.15) is 109 Å².